The minimum absolute atomic E-state index is 0.641. The van der Waals surface area contributed by atoms with Gasteiger partial charge >= 0.3 is 0 Å². The van der Waals surface area contributed by atoms with E-state index in [2.05, 4.69) is 36.3 Å². The lowest BCUT2D eigenvalue weighted by Gasteiger charge is -2.28. The first-order chi connectivity index (χ1) is 10.2. The molecule has 1 N–H and O–H groups in total. The lowest BCUT2D eigenvalue weighted by Crippen LogP contribution is -2.31. The molecule has 0 spiro atoms. The van der Waals surface area contributed by atoms with Gasteiger partial charge in [0.2, 0.25) is 0 Å². The van der Waals surface area contributed by atoms with Crippen molar-refractivity contribution in [3.63, 3.8) is 0 Å². The summed E-state index contributed by atoms with van der Waals surface area (Å²) in [6.07, 6.45) is 5.12. The molecule has 1 aliphatic heterocycles. The summed E-state index contributed by atoms with van der Waals surface area (Å²) in [5, 5.41) is 3.56. The van der Waals surface area contributed by atoms with Crippen molar-refractivity contribution in [2.24, 2.45) is 5.92 Å². The quantitative estimate of drug-likeness (QED) is 0.873. The predicted octanol–water partition coefficient (Wildman–Crippen LogP) is 2.50. The Balaban J connectivity index is 1.57. The molecule has 0 bridgehead atoms. The summed E-state index contributed by atoms with van der Waals surface area (Å²) < 4.78 is 5.57. The zero-order valence-electron chi connectivity index (χ0n) is 13.3. The smallest absolute Gasteiger partial charge is 0.128 e. The molecule has 116 valence electrons. The molecule has 1 atom stereocenters. The normalized spacial score (nSPS) is 22.3. The number of pyridine rings is 1. The number of aromatic nitrogens is 1. The topological polar surface area (TPSA) is 37.4 Å². The molecule has 1 aromatic rings. The third-order valence-corrected chi connectivity index (χ3v) is 4.52. The van der Waals surface area contributed by atoms with E-state index < -0.39 is 0 Å². The van der Waals surface area contributed by atoms with Gasteiger partial charge in [-0.15, -0.1) is 0 Å². The first-order valence-corrected chi connectivity index (χ1v) is 8.21. The van der Waals surface area contributed by atoms with Crippen LogP contribution in [-0.2, 0) is 11.3 Å². The van der Waals surface area contributed by atoms with E-state index in [1.54, 1.807) is 0 Å². The average molecular weight is 289 g/mol. The first-order valence-electron chi connectivity index (χ1n) is 8.21. The Hall–Kier alpha value is -1.13. The summed E-state index contributed by atoms with van der Waals surface area (Å²) in [5.41, 5.74) is 2.47. The van der Waals surface area contributed by atoms with Gasteiger partial charge in [0.1, 0.15) is 5.82 Å². The van der Waals surface area contributed by atoms with Gasteiger partial charge in [0.15, 0.2) is 0 Å². The summed E-state index contributed by atoms with van der Waals surface area (Å²) in [6, 6.07) is 5.12. The largest absolute Gasteiger partial charge is 0.381 e. The molecular weight excluding hydrogens is 262 g/mol. The maximum absolute atomic E-state index is 5.57. The van der Waals surface area contributed by atoms with Crippen LogP contribution < -0.4 is 10.2 Å². The van der Waals surface area contributed by atoms with Crippen molar-refractivity contribution < 1.29 is 4.74 Å². The van der Waals surface area contributed by atoms with Gasteiger partial charge < -0.3 is 15.0 Å². The van der Waals surface area contributed by atoms with Gasteiger partial charge in [0.25, 0.3) is 0 Å². The molecule has 1 aliphatic carbocycles. The molecular formula is C17H27N3O. The Kier molecular flexibility index (Phi) is 4.76. The molecule has 1 saturated heterocycles. The highest BCUT2D eigenvalue weighted by atomic mass is 16.5. The number of anilines is 1. The molecule has 2 aliphatic rings. The number of aryl methyl sites for hydroxylation is 1. The van der Waals surface area contributed by atoms with Gasteiger partial charge in [-0.2, -0.15) is 0 Å². The SMILES string of the molecule is Cc1nc(N(C)CC2CCCOC2)ccc1CNC1CC1. The monoisotopic (exact) mass is 289 g/mol. The van der Waals surface area contributed by atoms with Crippen LogP contribution in [-0.4, -0.2) is 37.8 Å². The second-order valence-electron chi connectivity index (χ2n) is 6.53. The van der Waals surface area contributed by atoms with Crippen molar-refractivity contribution in [2.75, 3.05) is 31.7 Å². The molecule has 21 heavy (non-hydrogen) atoms. The number of rotatable bonds is 6. The first kappa shape index (κ1) is 14.8. The van der Waals surface area contributed by atoms with E-state index in [1.807, 2.05) is 0 Å². The van der Waals surface area contributed by atoms with Crippen LogP contribution >= 0.6 is 0 Å². The van der Waals surface area contributed by atoms with Gasteiger partial charge in [-0.1, -0.05) is 6.07 Å². The van der Waals surface area contributed by atoms with E-state index in [0.717, 1.165) is 43.9 Å². The highest BCUT2D eigenvalue weighted by Crippen LogP contribution is 2.21. The lowest BCUT2D eigenvalue weighted by atomic mass is 10.0. The molecule has 3 rings (SSSR count). The standard InChI is InChI=1S/C17H27N3O/c1-13-15(10-18-16-6-7-16)5-8-17(19-13)20(2)11-14-4-3-9-21-12-14/h5,8,14,16,18H,3-4,6-7,9-12H2,1-2H3. The predicted molar refractivity (Wildman–Crippen MR) is 85.6 cm³/mol. The summed E-state index contributed by atoms with van der Waals surface area (Å²) in [5.74, 6) is 1.72. The van der Waals surface area contributed by atoms with E-state index in [4.69, 9.17) is 9.72 Å². The highest BCUT2D eigenvalue weighted by molar-refractivity contribution is 5.41. The Morgan fingerprint density at radius 2 is 2.19 bits per heavy atom. The summed E-state index contributed by atoms with van der Waals surface area (Å²) in [6.45, 7) is 5.92. The van der Waals surface area contributed by atoms with E-state index >= 15 is 0 Å². The van der Waals surface area contributed by atoms with Gasteiger partial charge in [-0.25, -0.2) is 4.98 Å². The Morgan fingerprint density at radius 1 is 1.33 bits per heavy atom. The van der Waals surface area contributed by atoms with Crippen LogP contribution in [0.25, 0.3) is 0 Å². The maximum atomic E-state index is 5.57. The second-order valence-corrected chi connectivity index (χ2v) is 6.53. The van der Waals surface area contributed by atoms with Crippen LogP contribution in [0.1, 0.15) is 36.9 Å². The van der Waals surface area contributed by atoms with Gasteiger partial charge in [-0.05, 0) is 50.2 Å². The molecule has 4 nitrogen and oxygen atoms in total. The van der Waals surface area contributed by atoms with Crippen molar-refractivity contribution in [1.29, 1.82) is 0 Å². The number of ether oxygens (including phenoxy) is 1. The highest BCUT2D eigenvalue weighted by Gasteiger charge is 2.20. The van der Waals surface area contributed by atoms with Crippen molar-refractivity contribution in [3.05, 3.63) is 23.4 Å². The molecule has 0 aromatic carbocycles. The fraction of sp³-hybridized carbons (Fsp3) is 0.706. The number of nitrogens with one attached hydrogen (secondary N) is 1. The van der Waals surface area contributed by atoms with Crippen LogP contribution in [0, 0.1) is 12.8 Å². The van der Waals surface area contributed by atoms with Crippen LogP contribution in [0.3, 0.4) is 0 Å². The van der Waals surface area contributed by atoms with E-state index in [-0.39, 0.29) is 0 Å². The molecule has 4 heteroatoms. The van der Waals surface area contributed by atoms with E-state index in [0.29, 0.717) is 5.92 Å². The lowest BCUT2D eigenvalue weighted by molar-refractivity contribution is 0.0576. The zero-order chi connectivity index (χ0) is 14.7. The van der Waals surface area contributed by atoms with Crippen LogP contribution in [0.15, 0.2) is 12.1 Å². The van der Waals surface area contributed by atoms with E-state index in [9.17, 15) is 0 Å². The summed E-state index contributed by atoms with van der Waals surface area (Å²) >= 11 is 0. The summed E-state index contributed by atoms with van der Waals surface area (Å²) in [4.78, 5) is 7.05. The minimum atomic E-state index is 0.641. The minimum Gasteiger partial charge on any atom is -0.381 e. The second kappa shape index (κ2) is 6.75. The summed E-state index contributed by atoms with van der Waals surface area (Å²) in [7, 11) is 2.14. The van der Waals surface area contributed by atoms with Gasteiger partial charge in [-0.3, -0.25) is 0 Å². The van der Waals surface area contributed by atoms with Crippen molar-refractivity contribution >= 4 is 5.82 Å². The molecule has 1 unspecified atom stereocenters. The van der Waals surface area contributed by atoms with Crippen molar-refractivity contribution in [3.8, 4) is 0 Å². The molecule has 2 heterocycles. The van der Waals surface area contributed by atoms with Crippen LogP contribution in [0.2, 0.25) is 0 Å². The molecule has 2 fully saturated rings. The molecule has 1 saturated carbocycles. The Morgan fingerprint density at radius 3 is 2.86 bits per heavy atom. The molecule has 0 radical (unpaired) electrons. The van der Waals surface area contributed by atoms with Crippen molar-refractivity contribution in [1.82, 2.24) is 10.3 Å². The van der Waals surface area contributed by atoms with Gasteiger partial charge in [0, 0.05) is 38.5 Å². The van der Waals surface area contributed by atoms with Crippen LogP contribution in [0.5, 0.6) is 0 Å². The zero-order valence-corrected chi connectivity index (χ0v) is 13.3. The molecule has 1 aromatic heterocycles. The maximum Gasteiger partial charge on any atom is 0.128 e. The van der Waals surface area contributed by atoms with Gasteiger partial charge in [0.05, 0.1) is 6.61 Å². The fourth-order valence-electron chi connectivity index (χ4n) is 2.95. The third-order valence-electron chi connectivity index (χ3n) is 4.52. The average Bonchev–Trinajstić information content (AvgIpc) is 3.31. The molecule has 0 amide bonds. The number of hydrogen-bond donors (Lipinski definition) is 1. The number of hydrogen-bond acceptors (Lipinski definition) is 4. The fourth-order valence-corrected chi connectivity index (χ4v) is 2.95. The van der Waals surface area contributed by atoms with Crippen LogP contribution in [0.4, 0.5) is 5.82 Å². The Labute approximate surface area is 127 Å². The Bertz CT molecular complexity index is 467. The van der Waals surface area contributed by atoms with Crippen molar-refractivity contribution in [2.45, 2.75) is 45.2 Å². The third kappa shape index (κ3) is 4.17. The van der Waals surface area contributed by atoms with E-state index in [1.165, 1.54) is 31.2 Å². The number of nitrogens with zero attached hydrogens (tertiary/aromatic N) is 2.